The molecule has 1 amide bonds. The number of carbonyl (C=O) groups excluding carboxylic acids is 2. The SMILES string of the molecule is C[C@@H](CCc1ccccc1)NC(=O)[C@@H](C)OC(=O)c1cc2c(s1)CCC2. The molecule has 0 fully saturated rings. The minimum Gasteiger partial charge on any atom is -0.448 e. The number of aryl methyl sites for hydroxylation is 3. The molecule has 1 aromatic heterocycles. The van der Waals surface area contributed by atoms with E-state index in [1.807, 2.05) is 31.2 Å². The van der Waals surface area contributed by atoms with Gasteiger partial charge in [-0.1, -0.05) is 30.3 Å². The molecule has 0 unspecified atom stereocenters. The van der Waals surface area contributed by atoms with Crippen LogP contribution < -0.4 is 5.32 Å². The highest BCUT2D eigenvalue weighted by molar-refractivity contribution is 7.14. The van der Waals surface area contributed by atoms with Crippen molar-refractivity contribution in [3.8, 4) is 0 Å². The van der Waals surface area contributed by atoms with Crippen molar-refractivity contribution in [3.63, 3.8) is 0 Å². The van der Waals surface area contributed by atoms with Gasteiger partial charge in [0.05, 0.1) is 0 Å². The van der Waals surface area contributed by atoms with Crippen molar-refractivity contribution in [1.29, 1.82) is 0 Å². The predicted octanol–water partition coefficient (Wildman–Crippen LogP) is 3.92. The maximum Gasteiger partial charge on any atom is 0.349 e. The van der Waals surface area contributed by atoms with Crippen molar-refractivity contribution in [2.24, 2.45) is 0 Å². The zero-order valence-electron chi connectivity index (χ0n) is 15.3. The maximum atomic E-state index is 12.3. The number of rotatable bonds is 7. The van der Waals surface area contributed by atoms with Crippen LogP contribution in [-0.2, 0) is 28.8 Å². The fraction of sp³-hybridized carbons (Fsp3) is 0.429. The van der Waals surface area contributed by atoms with Gasteiger partial charge in [-0.15, -0.1) is 11.3 Å². The first-order chi connectivity index (χ1) is 12.5. The van der Waals surface area contributed by atoms with Crippen molar-refractivity contribution in [1.82, 2.24) is 5.32 Å². The minimum absolute atomic E-state index is 0.0226. The number of carbonyl (C=O) groups is 2. The molecule has 5 heteroatoms. The van der Waals surface area contributed by atoms with Crippen LogP contribution in [-0.4, -0.2) is 24.0 Å². The highest BCUT2D eigenvalue weighted by atomic mass is 32.1. The van der Waals surface area contributed by atoms with E-state index in [9.17, 15) is 9.59 Å². The summed E-state index contributed by atoms with van der Waals surface area (Å²) in [6.07, 6.45) is 4.19. The second-order valence-corrected chi connectivity index (χ2v) is 8.03. The lowest BCUT2D eigenvalue weighted by Gasteiger charge is -2.18. The van der Waals surface area contributed by atoms with E-state index in [1.165, 1.54) is 27.3 Å². The summed E-state index contributed by atoms with van der Waals surface area (Å²) in [4.78, 5) is 26.4. The van der Waals surface area contributed by atoms with Gasteiger partial charge in [0.1, 0.15) is 4.88 Å². The van der Waals surface area contributed by atoms with Crippen LogP contribution in [0.25, 0.3) is 0 Å². The molecule has 1 N–H and O–H groups in total. The molecule has 0 bridgehead atoms. The number of amides is 1. The Kier molecular flexibility index (Phi) is 6.09. The van der Waals surface area contributed by atoms with Gasteiger partial charge < -0.3 is 10.1 Å². The summed E-state index contributed by atoms with van der Waals surface area (Å²) >= 11 is 1.50. The van der Waals surface area contributed by atoms with Crippen LogP contribution in [0.4, 0.5) is 0 Å². The van der Waals surface area contributed by atoms with E-state index in [0.29, 0.717) is 4.88 Å². The molecule has 1 aliphatic rings. The zero-order chi connectivity index (χ0) is 18.5. The monoisotopic (exact) mass is 371 g/mol. The van der Waals surface area contributed by atoms with Gasteiger partial charge in [0.15, 0.2) is 6.10 Å². The van der Waals surface area contributed by atoms with E-state index in [2.05, 4.69) is 17.4 Å². The fourth-order valence-corrected chi connectivity index (χ4v) is 4.30. The Morgan fingerprint density at radius 2 is 1.96 bits per heavy atom. The zero-order valence-corrected chi connectivity index (χ0v) is 16.1. The first-order valence-corrected chi connectivity index (χ1v) is 10.0. The Morgan fingerprint density at radius 1 is 1.19 bits per heavy atom. The first kappa shape index (κ1) is 18.6. The fourth-order valence-electron chi connectivity index (χ4n) is 3.16. The molecule has 2 atom stereocenters. The van der Waals surface area contributed by atoms with Crippen LogP contribution in [0.1, 0.15) is 52.4 Å². The number of hydrogen-bond acceptors (Lipinski definition) is 4. The Morgan fingerprint density at radius 3 is 2.69 bits per heavy atom. The number of fused-ring (bicyclic) bond motifs is 1. The molecule has 0 spiro atoms. The largest absolute Gasteiger partial charge is 0.448 e. The van der Waals surface area contributed by atoms with E-state index in [1.54, 1.807) is 6.92 Å². The Hall–Kier alpha value is -2.14. The molecule has 2 aromatic rings. The Balaban J connectivity index is 1.45. The third-order valence-electron chi connectivity index (χ3n) is 4.70. The van der Waals surface area contributed by atoms with Crippen LogP contribution in [0.15, 0.2) is 36.4 Å². The minimum atomic E-state index is -0.793. The van der Waals surface area contributed by atoms with E-state index < -0.39 is 12.1 Å². The predicted molar refractivity (Wildman–Crippen MR) is 104 cm³/mol. The van der Waals surface area contributed by atoms with Crippen LogP contribution in [0.2, 0.25) is 0 Å². The molecule has 26 heavy (non-hydrogen) atoms. The molecule has 1 heterocycles. The van der Waals surface area contributed by atoms with Crippen LogP contribution in [0.3, 0.4) is 0 Å². The number of nitrogens with one attached hydrogen (secondary N) is 1. The number of hydrogen-bond donors (Lipinski definition) is 1. The normalized spacial score (nSPS) is 15.2. The highest BCUT2D eigenvalue weighted by Crippen LogP contribution is 2.31. The molecule has 4 nitrogen and oxygen atoms in total. The maximum absolute atomic E-state index is 12.3. The van der Waals surface area contributed by atoms with Gasteiger partial charge in [-0.2, -0.15) is 0 Å². The molecular weight excluding hydrogens is 346 g/mol. The van der Waals surface area contributed by atoms with Gasteiger partial charge in [0.25, 0.3) is 5.91 Å². The summed E-state index contributed by atoms with van der Waals surface area (Å²) in [6.45, 7) is 3.59. The van der Waals surface area contributed by atoms with Crippen molar-refractivity contribution >= 4 is 23.2 Å². The van der Waals surface area contributed by atoms with Gasteiger partial charge in [-0.05, 0) is 63.1 Å². The summed E-state index contributed by atoms with van der Waals surface area (Å²) in [7, 11) is 0. The average Bonchev–Trinajstić information content (AvgIpc) is 3.22. The van der Waals surface area contributed by atoms with Crippen molar-refractivity contribution < 1.29 is 14.3 Å². The first-order valence-electron chi connectivity index (χ1n) is 9.20. The van der Waals surface area contributed by atoms with Gasteiger partial charge >= 0.3 is 5.97 Å². The third kappa shape index (κ3) is 4.73. The van der Waals surface area contributed by atoms with Crippen LogP contribution in [0, 0.1) is 0 Å². The lowest BCUT2D eigenvalue weighted by molar-refractivity contribution is -0.129. The summed E-state index contributed by atoms with van der Waals surface area (Å²) < 4.78 is 5.36. The van der Waals surface area contributed by atoms with Crippen LogP contribution >= 0.6 is 11.3 Å². The average molecular weight is 372 g/mol. The van der Waals surface area contributed by atoms with Crippen molar-refractivity contribution in [3.05, 3.63) is 57.3 Å². The number of thiophene rings is 1. The van der Waals surface area contributed by atoms with Crippen molar-refractivity contribution in [2.75, 3.05) is 0 Å². The molecule has 0 saturated heterocycles. The van der Waals surface area contributed by atoms with Crippen molar-refractivity contribution in [2.45, 2.75) is 58.1 Å². The summed E-state index contributed by atoms with van der Waals surface area (Å²) in [5, 5.41) is 2.93. The number of benzene rings is 1. The van der Waals surface area contributed by atoms with Gasteiger partial charge in [0, 0.05) is 10.9 Å². The number of ether oxygens (including phenoxy) is 1. The molecule has 1 aliphatic carbocycles. The third-order valence-corrected chi connectivity index (χ3v) is 5.92. The second-order valence-electron chi connectivity index (χ2n) is 6.89. The second kappa shape index (κ2) is 8.49. The van der Waals surface area contributed by atoms with Gasteiger partial charge in [-0.25, -0.2) is 4.79 Å². The van der Waals surface area contributed by atoms with Gasteiger partial charge in [0.2, 0.25) is 0 Å². The van der Waals surface area contributed by atoms with E-state index in [4.69, 9.17) is 4.74 Å². The molecule has 0 radical (unpaired) electrons. The quantitative estimate of drug-likeness (QED) is 0.751. The Bertz CT molecular complexity index is 747. The molecular formula is C21H25NO3S. The van der Waals surface area contributed by atoms with Gasteiger partial charge in [-0.3, -0.25) is 4.79 Å². The lowest BCUT2D eigenvalue weighted by atomic mass is 10.1. The van der Waals surface area contributed by atoms with E-state index >= 15 is 0 Å². The molecule has 0 aliphatic heterocycles. The molecule has 1 aromatic carbocycles. The topological polar surface area (TPSA) is 55.4 Å². The van der Waals surface area contributed by atoms with E-state index in [-0.39, 0.29) is 11.9 Å². The standard InChI is InChI=1S/C21H25NO3S/c1-14(11-12-16-7-4-3-5-8-16)22-20(23)15(2)25-21(24)19-13-17-9-6-10-18(17)26-19/h3-5,7-8,13-15H,6,9-12H2,1-2H3,(H,22,23)/t14-,15+/m0/s1. The molecule has 138 valence electrons. The highest BCUT2D eigenvalue weighted by Gasteiger charge is 2.23. The summed E-state index contributed by atoms with van der Waals surface area (Å²) in [5.41, 5.74) is 2.51. The summed E-state index contributed by atoms with van der Waals surface area (Å²) in [6, 6.07) is 12.1. The van der Waals surface area contributed by atoms with Crippen LogP contribution in [0.5, 0.6) is 0 Å². The Labute approximate surface area is 158 Å². The summed E-state index contributed by atoms with van der Waals surface area (Å²) in [5.74, 6) is -0.646. The molecule has 3 rings (SSSR count). The lowest BCUT2D eigenvalue weighted by Crippen LogP contribution is -2.40. The smallest absolute Gasteiger partial charge is 0.349 e. The van der Waals surface area contributed by atoms with E-state index in [0.717, 1.165) is 32.1 Å². The molecule has 0 saturated carbocycles. The number of esters is 1.